The van der Waals surface area contributed by atoms with Crippen LogP contribution in [-0.2, 0) is 0 Å². The highest BCUT2D eigenvalue weighted by atomic mass is 35.5. The number of anilines is 1. The molecule has 1 N–H and O–H groups in total. The van der Waals surface area contributed by atoms with E-state index < -0.39 is 0 Å². The van der Waals surface area contributed by atoms with Crippen LogP contribution in [0.5, 0.6) is 0 Å². The molecule has 0 unspecified atom stereocenters. The molecular weight excluding hydrogens is 186 g/mol. The molecule has 13 heavy (non-hydrogen) atoms. The minimum Gasteiger partial charge on any atom is -0.384 e. The van der Waals surface area contributed by atoms with E-state index in [1.165, 1.54) is 19.3 Å². The average Bonchev–Trinajstić information content (AvgIpc) is 2.13. The molecule has 4 heteroatoms. The number of halogens is 1. The molecule has 0 radical (unpaired) electrons. The maximum atomic E-state index is 5.67. The molecule has 1 aromatic rings. The molecule has 0 amide bonds. The number of hydrogen-bond acceptors (Lipinski definition) is 3. The first-order valence-corrected chi connectivity index (χ1v) is 4.93. The normalized spacial score (nSPS) is 10.0. The van der Waals surface area contributed by atoms with Crippen molar-refractivity contribution < 1.29 is 0 Å². The summed E-state index contributed by atoms with van der Waals surface area (Å²) in [6.45, 7) is 3.15. The third kappa shape index (κ3) is 4.08. The van der Waals surface area contributed by atoms with Crippen molar-refractivity contribution in [2.24, 2.45) is 0 Å². The molecular formula is C9H14ClN3. The molecule has 72 valence electrons. The fourth-order valence-corrected chi connectivity index (χ4v) is 1.21. The van der Waals surface area contributed by atoms with Gasteiger partial charge in [0.25, 0.3) is 0 Å². The van der Waals surface area contributed by atoms with Crippen LogP contribution in [0.2, 0.25) is 5.15 Å². The lowest BCUT2D eigenvalue weighted by molar-refractivity contribution is 0.743. The molecule has 1 rings (SSSR count). The van der Waals surface area contributed by atoms with Crippen molar-refractivity contribution in [3.05, 3.63) is 17.4 Å². The van der Waals surface area contributed by atoms with Gasteiger partial charge in [-0.3, -0.25) is 0 Å². The Hall–Kier alpha value is -0.830. The van der Waals surface area contributed by atoms with Gasteiger partial charge in [-0.25, -0.2) is 0 Å². The van der Waals surface area contributed by atoms with E-state index in [0.29, 0.717) is 5.15 Å². The number of rotatable bonds is 5. The lowest BCUT2D eigenvalue weighted by Gasteiger charge is -2.04. The van der Waals surface area contributed by atoms with Crippen molar-refractivity contribution >= 4 is 17.3 Å². The first-order chi connectivity index (χ1) is 6.33. The molecule has 0 aliphatic heterocycles. The fourth-order valence-electron chi connectivity index (χ4n) is 1.05. The van der Waals surface area contributed by atoms with Crippen LogP contribution in [0, 0.1) is 0 Å². The SMILES string of the molecule is CCCCCNc1cnnc(Cl)c1. The van der Waals surface area contributed by atoms with E-state index in [2.05, 4.69) is 22.4 Å². The van der Waals surface area contributed by atoms with E-state index in [-0.39, 0.29) is 0 Å². The Kier molecular flexibility index (Phi) is 4.54. The van der Waals surface area contributed by atoms with E-state index in [4.69, 9.17) is 11.6 Å². The molecule has 0 saturated heterocycles. The maximum absolute atomic E-state index is 5.67. The molecule has 0 atom stereocenters. The Labute approximate surface area is 83.5 Å². The molecule has 1 aromatic heterocycles. The smallest absolute Gasteiger partial charge is 0.153 e. The van der Waals surface area contributed by atoms with Crippen LogP contribution in [0.4, 0.5) is 5.69 Å². The Balaban J connectivity index is 2.28. The van der Waals surface area contributed by atoms with E-state index in [0.717, 1.165) is 12.2 Å². The van der Waals surface area contributed by atoms with Crippen molar-refractivity contribution in [3.63, 3.8) is 0 Å². The quantitative estimate of drug-likeness (QED) is 0.742. The lowest BCUT2D eigenvalue weighted by Crippen LogP contribution is -2.01. The van der Waals surface area contributed by atoms with Crippen LogP contribution in [0.1, 0.15) is 26.2 Å². The molecule has 0 bridgehead atoms. The van der Waals surface area contributed by atoms with Gasteiger partial charge in [0, 0.05) is 12.6 Å². The van der Waals surface area contributed by atoms with Crippen molar-refractivity contribution in [1.29, 1.82) is 0 Å². The van der Waals surface area contributed by atoms with Crippen molar-refractivity contribution in [2.45, 2.75) is 26.2 Å². The zero-order valence-electron chi connectivity index (χ0n) is 7.76. The number of aromatic nitrogens is 2. The van der Waals surface area contributed by atoms with Gasteiger partial charge in [0.2, 0.25) is 0 Å². The summed E-state index contributed by atoms with van der Waals surface area (Å²) in [6.07, 6.45) is 5.34. The Morgan fingerprint density at radius 3 is 3.00 bits per heavy atom. The number of hydrogen-bond donors (Lipinski definition) is 1. The highest BCUT2D eigenvalue weighted by Gasteiger charge is 1.94. The van der Waals surface area contributed by atoms with Gasteiger partial charge in [-0.1, -0.05) is 31.4 Å². The summed E-state index contributed by atoms with van der Waals surface area (Å²) in [7, 11) is 0. The fraction of sp³-hybridized carbons (Fsp3) is 0.556. The van der Waals surface area contributed by atoms with Gasteiger partial charge in [0.05, 0.1) is 11.9 Å². The lowest BCUT2D eigenvalue weighted by atomic mass is 10.2. The minimum atomic E-state index is 0.431. The molecule has 0 aliphatic rings. The van der Waals surface area contributed by atoms with Crippen LogP contribution >= 0.6 is 11.6 Å². The summed E-state index contributed by atoms with van der Waals surface area (Å²) >= 11 is 5.67. The first-order valence-electron chi connectivity index (χ1n) is 4.55. The zero-order valence-corrected chi connectivity index (χ0v) is 8.51. The summed E-state index contributed by atoms with van der Waals surface area (Å²) < 4.78 is 0. The highest BCUT2D eigenvalue weighted by Crippen LogP contribution is 2.10. The summed E-state index contributed by atoms with van der Waals surface area (Å²) in [6, 6.07) is 1.78. The Bertz CT molecular complexity index is 252. The van der Waals surface area contributed by atoms with Gasteiger partial charge in [0.1, 0.15) is 0 Å². The van der Waals surface area contributed by atoms with Gasteiger partial charge < -0.3 is 5.32 Å². The van der Waals surface area contributed by atoms with Gasteiger partial charge in [0.15, 0.2) is 5.15 Å². The van der Waals surface area contributed by atoms with E-state index in [1.54, 1.807) is 12.3 Å². The third-order valence-corrected chi connectivity index (χ3v) is 1.92. The standard InChI is InChI=1S/C9H14ClN3/c1-2-3-4-5-11-8-6-9(10)13-12-7-8/h6-7H,2-5H2,1H3,(H,11,13). The predicted octanol–water partition coefficient (Wildman–Crippen LogP) is 2.73. The van der Waals surface area contributed by atoms with Crippen LogP contribution in [0.15, 0.2) is 12.3 Å². The van der Waals surface area contributed by atoms with Crippen molar-refractivity contribution in [2.75, 3.05) is 11.9 Å². The second-order valence-electron chi connectivity index (χ2n) is 2.90. The summed E-state index contributed by atoms with van der Waals surface area (Å²) in [5.41, 5.74) is 0.941. The molecule has 3 nitrogen and oxygen atoms in total. The number of unbranched alkanes of at least 4 members (excludes halogenated alkanes) is 2. The minimum absolute atomic E-state index is 0.431. The third-order valence-electron chi connectivity index (χ3n) is 1.73. The topological polar surface area (TPSA) is 37.8 Å². The summed E-state index contributed by atoms with van der Waals surface area (Å²) in [4.78, 5) is 0. The summed E-state index contributed by atoms with van der Waals surface area (Å²) in [5, 5.41) is 11.1. The van der Waals surface area contributed by atoms with Gasteiger partial charge in [-0.15, -0.1) is 5.10 Å². The number of nitrogens with one attached hydrogen (secondary N) is 1. The van der Waals surface area contributed by atoms with Gasteiger partial charge in [-0.05, 0) is 6.42 Å². The second-order valence-corrected chi connectivity index (χ2v) is 3.29. The zero-order chi connectivity index (χ0) is 9.52. The van der Waals surface area contributed by atoms with Gasteiger partial charge in [-0.2, -0.15) is 5.10 Å². The van der Waals surface area contributed by atoms with E-state index in [1.807, 2.05) is 0 Å². The van der Waals surface area contributed by atoms with Crippen molar-refractivity contribution in [3.8, 4) is 0 Å². The van der Waals surface area contributed by atoms with Crippen LogP contribution < -0.4 is 5.32 Å². The van der Waals surface area contributed by atoms with Crippen molar-refractivity contribution in [1.82, 2.24) is 10.2 Å². The molecule has 0 fully saturated rings. The van der Waals surface area contributed by atoms with Crippen LogP contribution in [0.3, 0.4) is 0 Å². The monoisotopic (exact) mass is 199 g/mol. The highest BCUT2D eigenvalue weighted by molar-refractivity contribution is 6.29. The van der Waals surface area contributed by atoms with E-state index >= 15 is 0 Å². The van der Waals surface area contributed by atoms with E-state index in [9.17, 15) is 0 Å². The molecule has 1 heterocycles. The largest absolute Gasteiger partial charge is 0.384 e. The van der Waals surface area contributed by atoms with Crippen LogP contribution in [0.25, 0.3) is 0 Å². The van der Waals surface area contributed by atoms with Gasteiger partial charge >= 0.3 is 0 Å². The summed E-state index contributed by atoms with van der Waals surface area (Å²) in [5.74, 6) is 0. The maximum Gasteiger partial charge on any atom is 0.153 e. The Morgan fingerprint density at radius 2 is 2.31 bits per heavy atom. The molecule has 0 saturated carbocycles. The van der Waals surface area contributed by atoms with Crippen LogP contribution in [-0.4, -0.2) is 16.7 Å². The predicted molar refractivity (Wildman–Crippen MR) is 55.1 cm³/mol. The molecule has 0 spiro atoms. The molecule has 0 aliphatic carbocycles. The average molecular weight is 200 g/mol. The number of nitrogens with zero attached hydrogens (tertiary/aromatic N) is 2. The Morgan fingerprint density at radius 1 is 1.46 bits per heavy atom. The first kappa shape index (κ1) is 10.3. The molecule has 0 aromatic carbocycles. The second kappa shape index (κ2) is 5.75.